The summed E-state index contributed by atoms with van der Waals surface area (Å²) in [5.41, 5.74) is 2.24. The number of nitrogens with zero attached hydrogens (tertiary/aromatic N) is 4. The van der Waals surface area contributed by atoms with Crippen molar-refractivity contribution in [2.24, 2.45) is 12.5 Å². The average molecular weight is 375 g/mol. The summed E-state index contributed by atoms with van der Waals surface area (Å²) < 4.78 is 1.81. The van der Waals surface area contributed by atoms with Crippen LogP contribution in [0.1, 0.15) is 24.0 Å². The van der Waals surface area contributed by atoms with Gasteiger partial charge in [0.1, 0.15) is 6.33 Å². The van der Waals surface area contributed by atoms with Gasteiger partial charge in [-0.15, -0.1) is 10.2 Å². The molecule has 0 saturated carbocycles. The van der Waals surface area contributed by atoms with Gasteiger partial charge >= 0.3 is 0 Å². The van der Waals surface area contributed by atoms with Crippen LogP contribution in [0.15, 0.2) is 35.7 Å². The van der Waals surface area contributed by atoms with Crippen LogP contribution in [-0.2, 0) is 18.3 Å². The maximum absolute atomic E-state index is 12.7. The zero-order valence-electron chi connectivity index (χ0n) is 15.4. The van der Waals surface area contributed by atoms with Crippen molar-refractivity contribution in [2.75, 3.05) is 25.4 Å². The van der Waals surface area contributed by atoms with E-state index in [1.165, 1.54) is 22.9 Å². The van der Waals surface area contributed by atoms with Gasteiger partial charge in [-0.25, -0.2) is 0 Å². The molecule has 7 heteroatoms. The molecule has 2 heterocycles. The van der Waals surface area contributed by atoms with Gasteiger partial charge in [-0.3, -0.25) is 4.79 Å². The Morgan fingerprint density at radius 3 is 2.88 bits per heavy atom. The fourth-order valence-corrected chi connectivity index (χ4v) is 4.37. The first-order chi connectivity index (χ1) is 12.5. The molecule has 26 heavy (non-hydrogen) atoms. The quantitative estimate of drug-likeness (QED) is 0.784. The number of benzene rings is 1. The van der Waals surface area contributed by atoms with E-state index in [2.05, 4.69) is 29.3 Å². The number of thioether (sulfide) groups is 1. The first-order valence-corrected chi connectivity index (χ1v) is 9.91. The molecular weight excluding hydrogens is 348 g/mol. The van der Waals surface area contributed by atoms with E-state index in [-0.39, 0.29) is 17.9 Å². The van der Waals surface area contributed by atoms with E-state index in [9.17, 15) is 9.90 Å². The molecule has 1 aliphatic heterocycles. The van der Waals surface area contributed by atoms with Crippen LogP contribution >= 0.6 is 11.8 Å². The summed E-state index contributed by atoms with van der Waals surface area (Å²) in [5, 5.41) is 18.7. The van der Waals surface area contributed by atoms with Gasteiger partial charge in [-0.1, -0.05) is 36.0 Å². The normalized spacial score (nSPS) is 20.3. The molecule has 1 atom stereocenters. The lowest BCUT2D eigenvalue weighted by Crippen LogP contribution is -2.49. The Hall–Kier alpha value is -1.86. The molecule has 0 radical (unpaired) electrons. The van der Waals surface area contributed by atoms with E-state index < -0.39 is 0 Å². The van der Waals surface area contributed by atoms with Gasteiger partial charge in [0.2, 0.25) is 5.91 Å². The van der Waals surface area contributed by atoms with Crippen LogP contribution in [0, 0.1) is 12.3 Å². The van der Waals surface area contributed by atoms with E-state index in [0.717, 1.165) is 31.0 Å². The van der Waals surface area contributed by atoms with Crippen LogP contribution in [0.25, 0.3) is 0 Å². The molecule has 1 aromatic heterocycles. The number of likely N-dealkylation sites (tertiary alicyclic amines) is 1. The van der Waals surface area contributed by atoms with Crippen LogP contribution in [0.3, 0.4) is 0 Å². The number of hydrogen-bond acceptors (Lipinski definition) is 5. The van der Waals surface area contributed by atoms with Gasteiger partial charge in [0.25, 0.3) is 0 Å². The lowest BCUT2D eigenvalue weighted by Gasteiger charge is -2.42. The second kappa shape index (κ2) is 8.22. The van der Waals surface area contributed by atoms with E-state index in [4.69, 9.17) is 0 Å². The summed E-state index contributed by atoms with van der Waals surface area (Å²) in [5.74, 6) is 0.443. The second-order valence-corrected chi connectivity index (χ2v) is 8.14. The average Bonchev–Trinajstić information content (AvgIpc) is 3.07. The van der Waals surface area contributed by atoms with Crippen LogP contribution in [-0.4, -0.2) is 56.1 Å². The van der Waals surface area contributed by atoms with Crippen molar-refractivity contribution in [1.29, 1.82) is 0 Å². The van der Waals surface area contributed by atoms with E-state index in [0.29, 0.717) is 12.3 Å². The lowest BCUT2D eigenvalue weighted by molar-refractivity contribution is -0.132. The Morgan fingerprint density at radius 2 is 2.19 bits per heavy atom. The molecule has 2 aromatic rings. The highest BCUT2D eigenvalue weighted by Crippen LogP contribution is 2.34. The number of aliphatic hydroxyl groups is 1. The Balaban J connectivity index is 1.65. The maximum atomic E-state index is 12.7. The third kappa shape index (κ3) is 4.27. The molecule has 1 fully saturated rings. The van der Waals surface area contributed by atoms with Crippen LogP contribution in [0.2, 0.25) is 0 Å². The summed E-state index contributed by atoms with van der Waals surface area (Å²) in [6.07, 6.45) is 4.30. The summed E-state index contributed by atoms with van der Waals surface area (Å²) in [4.78, 5) is 14.6. The molecule has 140 valence electrons. The summed E-state index contributed by atoms with van der Waals surface area (Å²) in [6, 6.07) is 8.29. The largest absolute Gasteiger partial charge is 0.396 e. The van der Waals surface area contributed by atoms with Crippen molar-refractivity contribution in [1.82, 2.24) is 19.7 Å². The van der Waals surface area contributed by atoms with Crippen molar-refractivity contribution < 1.29 is 9.90 Å². The van der Waals surface area contributed by atoms with E-state index in [1.54, 1.807) is 6.33 Å². The summed E-state index contributed by atoms with van der Waals surface area (Å²) in [6.45, 7) is 3.56. The third-order valence-corrected chi connectivity index (χ3v) is 6.19. The van der Waals surface area contributed by atoms with Gasteiger partial charge in [-0.05, 0) is 37.3 Å². The van der Waals surface area contributed by atoms with Gasteiger partial charge in [-0.2, -0.15) is 0 Å². The molecule has 0 spiro atoms. The van der Waals surface area contributed by atoms with Gasteiger partial charge in [0.15, 0.2) is 5.16 Å². The Labute approximate surface area is 158 Å². The second-order valence-electron chi connectivity index (χ2n) is 7.19. The highest BCUT2D eigenvalue weighted by atomic mass is 32.2. The van der Waals surface area contributed by atoms with Crippen LogP contribution in [0.4, 0.5) is 0 Å². The topological polar surface area (TPSA) is 71.2 Å². The van der Waals surface area contributed by atoms with Crippen molar-refractivity contribution in [3.05, 3.63) is 41.7 Å². The molecule has 1 N–H and O–H groups in total. The predicted octanol–water partition coefficient (Wildman–Crippen LogP) is 2.06. The first kappa shape index (κ1) is 18.9. The van der Waals surface area contributed by atoms with Gasteiger partial charge in [0.05, 0.1) is 12.4 Å². The van der Waals surface area contributed by atoms with E-state index in [1.807, 2.05) is 28.6 Å². The Bertz CT molecular complexity index is 764. The number of rotatable bonds is 6. The zero-order valence-corrected chi connectivity index (χ0v) is 16.2. The third-order valence-electron chi connectivity index (χ3n) is 5.17. The monoisotopic (exact) mass is 374 g/mol. The highest BCUT2D eigenvalue weighted by Gasteiger charge is 2.37. The fraction of sp³-hybridized carbons (Fsp3) is 0.526. The molecule has 3 rings (SSSR count). The predicted molar refractivity (Wildman–Crippen MR) is 102 cm³/mol. The van der Waals surface area contributed by atoms with Crippen molar-refractivity contribution in [3.8, 4) is 0 Å². The standard InChI is InChI=1S/C19H26N4O2S/c1-15-6-3-4-7-16(15)10-19(13-24)8-5-9-23(12-19)17(25)11-26-18-21-20-14-22(18)2/h3-4,6-7,14,24H,5,8-13H2,1-2H3. The van der Waals surface area contributed by atoms with Gasteiger partial charge in [0, 0.05) is 25.6 Å². The minimum absolute atomic E-state index is 0.0975. The molecule has 0 bridgehead atoms. The lowest BCUT2D eigenvalue weighted by atomic mass is 9.75. The minimum Gasteiger partial charge on any atom is -0.396 e. The number of piperidine rings is 1. The molecular formula is C19H26N4O2S. The van der Waals surface area contributed by atoms with Crippen LogP contribution in [0.5, 0.6) is 0 Å². The molecule has 1 aliphatic rings. The van der Waals surface area contributed by atoms with Crippen LogP contribution < -0.4 is 0 Å². The van der Waals surface area contributed by atoms with Crippen molar-refractivity contribution in [2.45, 2.75) is 31.3 Å². The number of aliphatic hydroxyl groups excluding tert-OH is 1. The fourth-order valence-electron chi connectivity index (χ4n) is 3.58. The number of hydrogen-bond donors (Lipinski definition) is 1. The zero-order chi connectivity index (χ0) is 18.6. The molecule has 6 nitrogen and oxygen atoms in total. The van der Waals surface area contributed by atoms with Crippen molar-refractivity contribution in [3.63, 3.8) is 0 Å². The number of carbonyl (C=O) groups is 1. The maximum Gasteiger partial charge on any atom is 0.233 e. The van der Waals surface area contributed by atoms with Crippen molar-refractivity contribution >= 4 is 17.7 Å². The highest BCUT2D eigenvalue weighted by molar-refractivity contribution is 7.99. The minimum atomic E-state index is -0.254. The smallest absolute Gasteiger partial charge is 0.233 e. The number of aromatic nitrogens is 3. The molecule has 1 unspecified atom stereocenters. The SMILES string of the molecule is Cc1ccccc1CC1(CO)CCCN(C(=O)CSc2nncn2C)C1. The molecule has 0 aliphatic carbocycles. The molecule has 1 aromatic carbocycles. The van der Waals surface area contributed by atoms with E-state index >= 15 is 0 Å². The Morgan fingerprint density at radius 1 is 1.38 bits per heavy atom. The first-order valence-electron chi connectivity index (χ1n) is 8.93. The van der Waals surface area contributed by atoms with Gasteiger partial charge < -0.3 is 14.6 Å². The molecule has 1 amide bonds. The Kier molecular flexibility index (Phi) is 5.98. The molecule has 1 saturated heterocycles. The number of aryl methyl sites for hydroxylation is 2. The summed E-state index contributed by atoms with van der Waals surface area (Å²) >= 11 is 1.41. The number of carbonyl (C=O) groups excluding carboxylic acids is 1. The number of amides is 1. The summed E-state index contributed by atoms with van der Waals surface area (Å²) in [7, 11) is 1.87.